The molecule has 0 bridgehead atoms. The fourth-order valence-corrected chi connectivity index (χ4v) is 2.31. The number of likely N-dealkylation sites (tertiary alicyclic amines) is 1. The largest absolute Gasteiger partial charge is 0.366 e. The van der Waals surface area contributed by atoms with E-state index in [1.54, 1.807) is 18.3 Å². The summed E-state index contributed by atoms with van der Waals surface area (Å²) in [6.45, 7) is 3.30. The molecule has 0 unspecified atom stereocenters. The Morgan fingerprint density at radius 1 is 1.35 bits per heavy atom. The van der Waals surface area contributed by atoms with E-state index in [0.717, 1.165) is 18.7 Å². The van der Waals surface area contributed by atoms with Crippen LogP contribution in [0.2, 0.25) is 0 Å². The minimum atomic E-state index is -0.383. The van der Waals surface area contributed by atoms with Crippen molar-refractivity contribution in [2.24, 2.45) is 5.73 Å². The Kier molecular flexibility index (Phi) is 4.09. The van der Waals surface area contributed by atoms with Gasteiger partial charge in [0.15, 0.2) is 0 Å². The normalized spacial score (nSPS) is 16.9. The fourth-order valence-electron chi connectivity index (χ4n) is 2.31. The number of hydrogen-bond acceptors (Lipinski definition) is 3. The minimum absolute atomic E-state index is 0.383. The maximum atomic E-state index is 11.2. The Balaban J connectivity index is 1.96. The van der Waals surface area contributed by atoms with E-state index >= 15 is 0 Å². The van der Waals surface area contributed by atoms with E-state index in [2.05, 4.69) is 9.88 Å². The molecule has 0 spiro atoms. The number of aromatic nitrogens is 1. The fraction of sp³-hybridized carbons (Fsp3) is 0.538. The van der Waals surface area contributed by atoms with Crippen LogP contribution in [0, 0.1) is 0 Å². The van der Waals surface area contributed by atoms with Crippen LogP contribution in [-0.4, -0.2) is 35.4 Å². The van der Waals surface area contributed by atoms with Crippen molar-refractivity contribution >= 4 is 5.91 Å². The number of nitrogens with two attached hydrogens (primary N) is 1. The van der Waals surface area contributed by atoms with E-state index in [1.807, 2.05) is 0 Å². The van der Waals surface area contributed by atoms with E-state index in [-0.39, 0.29) is 5.91 Å². The lowest BCUT2D eigenvalue weighted by Gasteiger charge is -2.26. The van der Waals surface area contributed by atoms with Gasteiger partial charge in [-0.15, -0.1) is 0 Å². The summed E-state index contributed by atoms with van der Waals surface area (Å²) in [6.07, 6.45) is 6.43. The molecule has 2 rings (SSSR count). The molecule has 2 N–H and O–H groups in total. The third kappa shape index (κ3) is 3.27. The first-order chi connectivity index (χ1) is 8.27. The van der Waals surface area contributed by atoms with Gasteiger partial charge in [-0.05, 0) is 38.1 Å². The van der Waals surface area contributed by atoms with Crippen LogP contribution >= 0.6 is 0 Å². The zero-order valence-corrected chi connectivity index (χ0v) is 10.1. The highest BCUT2D eigenvalue weighted by atomic mass is 16.1. The van der Waals surface area contributed by atoms with Crippen LogP contribution in [0.4, 0.5) is 0 Å². The lowest BCUT2D eigenvalue weighted by molar-refractivity contribution is 0.0998. The van der Waals surface area contributed by atoms with Gasteiger partial charge in [-0.1, -0.05) is 6.42 Å². The standard InChI is InChI=1S/C13H19N3O/c14-13(17)11-5-4-7-15-12(11)6-10-16-8-2-1-3-9-16/h4-5,7H,1-3,6,8-10H2,(H2,14,17). The van der Waals surface area contributed by atoms with Gasteiger partial charge in [0, 0.05) is 19.2 Å². The molecule has 0 atom stereocenters. The van der Waals surface area contributed by atoms with Crippen molar-refractivity contribution in [2.45, 2.75) is 25.7 Å². The first-order valence-electron chi connectivity index (χ1n) is 6.23. The molecule has 0 radical (unpaired) electrons. The Morgan fingerprint density at radius 3 is 2.82 bits per heavy atom. The molecule has 1 aliphatic heterocycles. The predicted molar refractivity (Wildman–Crippen MR) is 66.7 cm³/mol. The third-order valence-electron chi connectivity index (χ3n) is 3.27. The van der Waals surface area contributed by atoms with Crippen LogP contribution in [0.3, 0.4) is 0 Å². The molecule has 1 aromatic rings. The van der Waals surface area contributed by atoms with Crippen molar-refractivity contribution in [1.82, 2.24) is 9.88 Å². The highest BCUT2D eigenvalue weighted by Gasteiger charge is 2.13. The third-order valence-corrected chi connectivity index (χ3v) is 3.27. The van der Waals surface area contributed by atoms with Crippen LogP contribution in [0.5, 0.6) is 0 Å². The summed E-state index contributed by atoms with van der Waals surface area (Å²) >= 11 is 0. The molecular formula is C13H19N3O. The lowest BCUT2D eigenvalue weighted by atomic mass is 10.1. The molecule has 2 heterocycles. The van der Waals surface area contributed by atoms with Crippen molar-refractivity contribution in [2.75, 3.05) is 19.6 Å². The molecule has 0 saturated carbocycles. The quantitative estimate of drug-likeness (QED) is 0.850. The molecular weight excluding hydrogens is 214 g/mol. The molecule has 1 fully saturated rings. The van der Waals surface area contributed by atoms with Crippen molar-refractivity contribution in [3.05, 3.63) is 29.6 Å². The highest BCUT2D eigenvalue weighted by Crippen LogP contribution is 2.11. The second kappa shape index (κ2) is 5.77. The van der Waals surface area contributed by atoms with Crippen LogP contribution in [0.15, 0.2) is 18.3 Å². The Hall–Kier alpha value is -1.42. The minimum Gasteiger partial charge on any atom is -0.366 e. The van der Waals surface area contributed by atoms with Gasteiger partial charge < -0.3 is 10.6 Å². The number of hydrogen-bond donors (Lipinski definition) is 1. The number of amides is 1. The number of carbonyl (C=O) groups excluding carboxylic acids is 1. The van der Waals surface area contributed by atoms with Crippen LogP contribution in [0.1, 0.15) is 35.3 Å². The summed E-state index contributed by atoms with van der Waals surface area (Å²) in [5.41, 5.74) is 6.72. The molecule has 1 amide bonds. The van der Waals surface area contributed by atoms with Crippen molar-refractivity contribution in [3.63, 3.8) is 0 Å². The molecule has 0 aliphatic carbocycles. The van der Waals surface area contributed by atoms with Gasteiger partial charge in [0.1, 0.15) is 0 Å². The van der Waals surface area contributed by atoms with Crippen molar-refractivity contribution in [1.29, 1.82) is 0 Å². The molecule has 4 heteroatoms. The first kappa shape index (κ1) is 12.0. The van der Waals surface area contributed by atoms with Crippen LogP contribution in [-0.2, 0) is 6.42 Å². The SMILES string of the molecule is NC(=O)c1cccnc1CCN1CCCCC1. The molecule has 17 heavy (non-hydrogen) atoms. The van der Waals surface area contributed by atoms with Gasteiger partial charge in [0.2, 0.25) is 0 Å². The summed E-state index contributed by atoms with van der Waals surface area (Å²) < 4.78 is 0. The Labute approximate surface area is 102 Å². The van der Waals surface area contributed by atoms with Gasteiger partial charge in [-0.25, -0.2) is 0 Å². The molecule has 4 nitrogen and oxygen atoms in total. The summed E-state index contributed by atoms with van der Waals surface area (Å²) in [5, 5.41) is 0. The van der Waals surface area contributed by atoms with E-state index in [9.17, 15) is 4.79 Å². The number of primary amides is 1. The Bertz CT molecular complexity index is 386. The smallest absolute Gasteiger partial charge is 0.250 e. The zero-order chi connectivity index (χ0) is 12.1. The van der Waals surface area contributed by atoms with Gasteiger partial charge in [-0.3, -0.25) is 9.78 Å². The van der Waals surface area contributed by atoms with Gasteiger partial charge in [-0.2, -0.15) is 0 Å². The van der Waals surface area contributed by atoms with E-state index in [4.69, 9.17) is 5.73 Å². The first-order valence-corrected chi connectivity index (χ1v) is 6.23. The van der Waals surface area contributed by atoms with Gasteiger partial charge >= 0.3 is 0 Å². The van der Waals surface area contributed by atoms with Crippen molar-refractivity contribution < 1.29 is 4.79 Å². The Morgan fingerprint density at radius 2 is 2.12 bits per heavy atom. The monoisotopic (exact) mass is 233 g/mol. The van der Waals surface area contributed by atoms with Crippen LogP contribution < -0.4 is 5.73 Å². The summed E-state index contributed by atoms with van der Waals surface area (Å²) in [5.74, 6) is -0.383. The lowest BCUT2D eigenvalue weighted by Crippen LogP contribution is -2.32. The second-order valence-electron chi connectivity index (χ2n) is 4.51. The van der Waals surface area contributed by atoms with E-state index in [0.29, 0.717) is 5.56 Å². The second-order valence-corrected chi connectivity index (χ2v) is 4.51. The number of rotatable bonds is 4. The summed E-state index contributed by atoms with van der Waals surface area (Å²) in [7, 11) is 0. The van der Waals surface area contributed by atoms with E-state index in [1.165, 1.54) is 32.4 Å². The average molecular weight is 233 g/mol. The van der Waals surface area contributed by atoms with Gasteiger partial charge in [0.25, 0.3) is 5.91 Å². The molecule has 1 saturated heterocycles. The number of piperidine rings is 1. The number of carbonyl (C=O) groups is 1. The molecule has 0 aromatic carbocycles. The van der Waals surface area contributed by atoms with Crippen molar-refractivity contribution in [3.8, 4) is 0 Å². The van der Waals surface area contributed by atoms with E-state index < -0.39 is 0 Å². The van der Waals surface area contributed by atoms with Gasteiger partial charge in [0.05, 0.1) is 11.3 Å². The maximum Gasteiger partial charge on any atom is 0.250 e. The van der Waals surface area contributed by atoms with Crippen LogP contribution in [0.25, 0.3) is 0 Å². The average Bonchev–Trinajstić information content (AvgIpc) is 2.38. The molecule has 1 aromatic heterocycles. The number of nitrogens with zero attached hydrogens (tertiary/aromatic N) is 2. The summed E-state index contributed by atoms with van der Waals surface area (Å²) in [6, 6.07) is 3.51. The zero-order valence-electron chi connectivity index (χ0n) is 10.1. The molecule has 92 valence electrons. The highest BCUT2D eigenvalue weighted by molar-refractivity contribution is 5.93. The maximum absolute atomic E-state index is 11.2. The summed E-state index contributed by atoms with van der Waals surface area (Å²) in [4.78, 5) is 17.9. The predicted octanol–water partition coefficient (Wildman–Crippen LogP) is 1.21. The topological polar surface area (TPSA) is 59.2 Å². The number of pyridine rings is 1. The molecule has 1 aliphatic rings.